The zero-order chi connectivity index (χ0) is 19.5. The van der Waals surface area contributed by atoms with Crippen LogP contribution in [0.3, 0.4) is 0 Å². The number of benzene rings is 2. The minimum atomic E-state index is -0.280. The molecule has 0 saturated carbocycles. The summed E-state index contributed by atoms with van der Waals surface area (Å²) >= 11 is 0. The fraction of sp³-hybridized carbons (Fsp3) is 0.190. The Bertz CT molecular complexity index is 1130. The molecule has 2 aromatic heterocycles. The molecule has 0 aliphatic rings. The monoisotopic (exact) mass is 377 g/mol. The molecule has 4 rings (SSSR count). The molecule has 0 saturated heterocycles. The predicted octanol–water partition coefficient (Wildman–Crippen LogP) is 3.62. The molecular weight excluding hydrogens is 357 g/mol. The van der Waals surface area contributed by atoms with Crippen molar-refractivity contribution in [1.29, 1.82) is 0 Å². The van der Waals surface area contributed by atoms with E-state index in [-0.39, 0.29) is 18.3 Å². The second-order valence-electron chi connectivity index (χ2n) is 6.56. The third-order valence-corrected chi connectivity index (χ3v) is 4.50. The number of rotatable bonds is 6. The standard InChI is InChI=1S/C21H20FN5O/c1-2-20-25-18-8-3-4-9-19(18)27(20)14-21(28)24-17-11-23-26(13-17)12-15-6-5-7-16(22)10-15/h3-11,13H,2,12,14H2,1H3,(H,24,28). The van der Waals surface area contributed by atoms with E-state index in [1.807, 2.05) is 41.8 Å². The maximum absolute atomic E-state index is 13.3. The maximum atomic E-state index is 13.3. The molecule has 0 aliphatic heterocycles. The largest absolute Gasteiger partial charge is 0.322 e. The summed E-state index contributed by atoms with van der Waals surface area (Å²) in [6, 6.07) is 14.2. The molecule has 0 radical (unpaired) electrons. The lowest BCUT2D eigenvalue weighted by molar-refractivity contribution is -0.116. The number of aryl methyl sites for hydroxylation is 1. The van der Waals surface area contributed by atoms with Gasteiger partial charge in [0.25, 0.3) is 0 Å². The number of fused-ring (bicyclic) bond motifs is 1. The SMILES string of the molecule is CCc1nc2ccccc2n1CC(=O)Nc1cnn(Cc2cccc(F)c2)c1. The first-order chi connectivity index (χ1) is 13.6. The van der Waals surface area contributed by atoms with Gasteiger partial charge in [0.1, 0.15) is 18.2 Å². The van der Waals surface area contributed by atoms with Crippen LogP contribution in [0, 0.1) is 5.82 Å². The Hall–Kier alpha value is -3.48. The number of hydrogen-bond donors (Lipinski definition) is 1. The number of hydrogen-bond acceptors (Lipinski definition) is 3. The number of carbonyl (C=O) groups excluding carboxylic acids is 1. The number of para-hydroxylation sites is 2. The molecule has 0 atom stereocenters. The molecule has 7 heteroatoms. The quantitative estimate of drug-likeness (QED) is 0.558. The third-order valence-electron chi connectivity index (χ3n) is 4.50. The predicted molar refractivity (Wildman–Crippen MR) is 105 cm³/mol. The van der Waals surface area contributed by atoms with Crippen LogP contribution in [0.15, 0.2) is 60.9 Å². The molecule has 1 N–H and O–H groups in total. The lowest BCUT2D eigenvalue weighted by Gasteiger charge is -2.08. The Morgan fingerprint density at radius 3 is 2.86 bits per heavy atom. The van der Waals surface area contributed by atoms with Crippen molar-refractivity contribution in [3.63, 3.8) is 0 Å². The average molecular weight is 377 g/mol. The highest BCUT2D eigenvalue weighted by Gasteiger charge is 2.13. The Balaban J connectivity index is 1.46. The van der Waals surface area contributed by atoms with Gasteiger partial charge in [-0.3, -0.25) is 9.48 Å². The van der Waals surface area contributed by atoms with Crippen molar-refractivity contribution >= 4 is 22.6 Å². The van der Waals surface area contributed by atoms with E-state index in [4.69, 9.17) is 0 Å². The zero-order valence-electron chi connectivity index (χ0n) is 15.5. The number of nitrogens with zero attached hydrogens (tertiary/aromatic N) is 4. The Morgan fingerprint density at radius 1 is 1.18 bits per heavy atom. The summed E-state index contributed by atoms with van der Waals surface area (Å²) in [5, 5.41) is 7.10. The van der Waals surface area contributed by atoms with E-state index in [1.165, 1.54) is 12.1 Å². The summed E-state index contributed by atoms with van der Waals surface area (Å²) in [7, 11) is 0. The summed E-state index contributed by atoms with van der Waals surface area (Å²) in [5.41, 5.74) is 3.23. The van der Waals surface area contributed by atoms with Gasteiger partial charge in [-0.05, 0) is 29.8 Å². The topological polar surface area (TPSA) is 64.7 Å². The molecule has 6 nitrogen and oxygen atoms in total. The van der Waals surface area contributed by atoms with Crippen molar-refractivity contribution in [2.24, 2.45) is 0 Å². The van der Waals surface area contributed by atoms with E-state index in [9.17, 15) is 9.18 Å². The molecule has 2 aromatic carbocycles. The number of aromatic nitrogens is 4. The molecule has 2 heterocycles. The van der Waals surface area contributed by atoms with Crippen LogP contribution in [0.25, 0.3) is 11.0 Å². The van der Waals surface area contributed by atoms with Crippen molar-refractivity contribution in [3.8, 4) is 0 Å². The van der Waals surface area contributed by atoms with E-state index in [1.54, 1.807) is 23.1 Å². The molecule has 142 valence electrons. The van der Waals surface area contributed by atoms with Gasteiger partial charge < -0.3 is 9.88 Å². The van der Waals surface area contributed by atoms with Crippen molar-refractivity contribution in [3.05, 3.63) is 78.1 Å². The Morgan fingerprint density at radius 2 is 2.04 bits per heavy atom. The van der Waals surface area contributed by atoms with Gasteiger partial charge in [0.05, 0.1) is 29.5 Å². The minimum Gasteiger partial charge on any atom is -0.322 e. The van der Waals surface area contributed by atoms with Gasteiger partial charge in [0.2, 0.25) is 5.91 Å². The molecule has 0 fully saturated rings. The van der Waals surface area contributed by atoms with Gasteiger partial charge in [-0.1, -0.05) is 31.2 Å². The van der Waals surface area contributed by atoms with Crippen molar-refractivity contribution in [2.75, 3.05) is 5.32 Å². The van der Waals surface area contributed by atoms with Crippen LogP contribution in [0.2, 0.25) is 0 Å². The molecule has 0 bridgehead atoms. The lowest BCUT2D eigenvalue weighted by atomic mass is 10.2. The smallest absolute Gasteiger partial charge is 0.244 e. The van der Waals surface area contributed by atoms with Crippen LogP contribution in [-0.4, -0.2) is 25.2 Å². The van der Waals surface area contributed by atoms with E-state index in [0.29, 0.717) is 12.2 Å². The summed E-state index contributed by atoms with van der Waals surface area (Å²) in [4.78, 5) is 17.1. The average Bonchev–Trinajstić information content (AvgIpc) is 3.26. The van der Waals surface area contributed by atoms with Gasteiger partial charge in [-0.2, -0.15) is 5.10 Å². The van der Waals surface area contributed by atoms with Crippen LogP contribution >= 0.6 is 0 Å². The van der Waals surface area contributed by atoms with Crippen molar-refractivity contribution in [2.45, 2.75) is 26.4 Å². The number of amides is 1. The van der Waals surface area contributed by atoms with Crippen LogP contribution < -0.4 is 5.32 Å². The fourth-order valence-corrected chi connectivity index (χ4v) is 3.25. The lowest BCUT2D eigenvalue weighted by Crippen LogP contribution is -2.19. The van der Waals surface area contributed by atoms with Gasteiger partial charge in [-0.25, -0.2) is 9.37 Å². The third kappa shape index (κ3) is 3.78. The highest BCUT2D eigenvalue weighted by Crippen LogP contribution is 2.17. The summed E-state index contributed by atoms with van der Waals surface area (Å²) in [6.07, 6.45) is 4.06. The highest BCUT2D eigenvalue weighted by molar-refractivity contribution is 5.91. The van der Waals surface area contributed by atoms with E-state index >= 15 is 0 Å². The summed E-state index contributed by atoms with van der Waals surface area (Å²) < 4.78 is 16.9. The van der Waals surface area contributed by atoms with Crippen molar-refractivity contribution < 1.29 is 9.18 Å². The minimum absolute atomic E-state index is 0.150. The number of halogens is 1. The molecule has 0 aliphatic carbocycles. The molecule has 1 amide bonds. The first-order valence-corrected chi connectivity index (χ1v) is 9.13. The zero-order valence-corrected chi connectivity index (χ0v) is 15.5. The molecule has 4 aromatic rings. The first kappa shape index (κ1) is 17.9. The Kier molecular flexibility index (Phi) is 4.89. The number of anilines is 1. The molecule has 0 unspecified atom stereocenters. The van der Waals surface area contributed by atoms with Gasteiger partial charge in [0, 0.05) is 12.6 Å². The number of nitrogens with one attached hydrogen (secondary N) is 1. The fourth-order valence-electron chi connectivity index (χ4n) is 3.25. The highest BCUT2D eigenvalue weighted by atomic mass is 19.1. The van der Waals surface area contributed by atoms with Crippen LogP contribution in [0.1, 0.15) is 18.3 Å². The van der Waals surface area contributed by atoms with Gasteiger partial charge in [0.15, 0.2) is 0 Å². The number of carbonyl (C=O) groups is 1. The van der Waals surface area contributed by atoms with E-state index in [2.05, 4.69) is 15.4 Å². The second kappa shape index (κ2) is 7.64. The van der Waals surface area contributed by atoms with E-state index in [0.717, 1.165) is 28.8 Å². The summed E-state index contributed by atoms with van der Waals surface area (Å²) in [6.45, 7) is 2.63. The van der Waals surface area contributed by atoms with Crippen molar-refractivity contribution in [1.82, 2.24) is 19.3 Å². The normalized spacial score (nSPS) is 11.1. The van der Waals surface area contributed by atoms with E-state index < -0.39 is 0 Å². The first-order valence-electron chi connectivity index (χ1n) is 9.13. The van der Waals surface area contributed by atoms with Gasteiger partial charge >= 0.3 is 0 Å². The second-order valence-corrected chi connectivity index (χ2v) is 6.56. The molecular formula is C21H20FN5O. The van der Waals surface area contributed by atoms with Crippen LogP contribution in [0.5, 0.6) is 0 Å². The van der Waals surface area contributed by atoms with Crippen LogP contribution in [0.4, 0.5) is 10.1 Å². The summed E-state index contributed by atoms with van der Waals surface area (Å²) in [5.74, 6) is 0.443. The number of imidazole rings is 1. The molecule has 28 heavy (non-hydrogen) atoms. The van der Waals surface area contributed by atoms with Crippen LogP contribution in [-0.2, 0) is 24.3 Å². The molecule has 0 spiro atoms. The Labute approximate surface area is 161 Å². The van der Waals surface area contributed by atoms with Gasteiger partial charge in [-0.15, -0.1) is 0 Å². The maximum Gasteiger partial charge on any atom is 0.244 e.